The Morgan fingerprint density at radius 2 is 2.39 bits per heavy atom. The van der Waals surface area contributed by atoms with Gasteiger partial charge in [0, 0.05) is 17.5 Å². The number of nitrogens with zero attached hydrogens (tertiary/aromatic N) is 1. The molecule has 1 fully saturated rings. The van der Waals surface area contributed by atoms with Crippen molar-refractivity contribution in [2.45, 2.75) is 45.6 Å². The normalized spacial score (nSPS) is 24.3. The second-order valence-corrected chi connectivity index (χ2v) is 6.16. The molecule has 1 aliphatic carbocycles. The molecular weight excluding hydrogens is 244 g/mol. The van der Waals surface area contributed by atoms with Gasteiger partial charge in [0.05, 0.1) is 10.7 Å². The average Bonchev–Trinajstić information content (AvgIpc) is 2.73. The van der Waals surface area contributed by atoms with Crippen LogP contribution in [0.4, 0.5) is 0 Å². The predicted molar refractivity (Wildman–Crippen MR) is 75.4 cm³/mol. The molecule has 1 amide bonds. The van der Waals surface area contributed by atoms with Crippen molar-refractivity contribution in [1.82, 2.24) is 10.3 Å². The van der Waals surface area contributed by atoms with E-state index in [1.807, 2.05) is 12.3 Å². The van der Waals surface area contributed by atoms with Crippen molar-refractivity contribution < 1.29 is 4.79 Å². The lowest BCUT2D eigenvalue weighted by Crippen LogP contribution is -2.36. The summed E-state index contributed by atoms with van der Waals surface area (Å²) in [7, 11) is 0. The van der Waals surface area contributed by atoms with Crippen LogP contribution in [0.5, 0.6) is 0 Å². The van der Waals surface area contributed by atoms with Crippen LogP contribution in [0, 0.1) is 12.8 Å². The van der Waals surface area contributed by atoms with E-state index in [2.05, 4.69) is 17.2 Å². The molecule has 1 heterocycles. The van der Waals surface area contributed by atoms with Gasteiger partial charge in [-0.05, 0) is 31.8 Å². The lowest BCUT2D eigenvalue weighted by Gasteiger charge is -2.26. The van der Waals surface area contributed by atoms with Gasteiger partial charge in [0.15, 0.2) is 0 Å². The van der Waals surface area contributed by atoms with E-state index in [0.717, 1.165) is 29.5 Å². The zero-order valence-corrected chi connectivity index (χ0v) is 11.8. The van der Waals surface area contributed by atoms with Crippen molar-refractivity contribution in [2.75, 3.05) is 0 Å². The molecular formula is C14H20N2OS. The summed E-state index contributed by atoms with van der Waals surface area (Å²) in [6.45, 7) is 4.22. The number of aryl methyl sites for hydroxylation is 1. The van der Waals surface area contributed by atoms with Crippen molar-refractivity contribution in [3.63, 3.8) is 0 Å². The molecule has 0 aliphatic heterocycles. The quantitative estimate of drug-likeness (QED) is 0.852. The summed E-state index contributed by atoms with van der Waals surface area (Å²) in [4.78, 5) is 16.1. The van der Waals surface area contributed by atoms with Crippen LogP contribution in [-0.2, 0) is 4.79 Å². The molecule has 98 valence electrons. The highest BCUT2D eigenvalue weighted by molar-refractivity contribution is 7.09. The van der Waals surface area contributed by atoms with E-state index in [1.165, 1.54) is 12.8 Å². The van der Waals surface area contributed by atoms with Crippen LogP contribution in [0.15, 0.2) is 11.5 Å². The number of rotatable bonds is 3. The first kappa shape index (κ1) is 13.3. The number of thiazole rings is 1. The molecule has 0 spiro atoms. The molecule has 1 N–H and O–H groups in total. The number of hydrogen-bond acceptors (Lipinski definition) is 3. The van der Waals surface area contributed by atoms with Crippen LogP contribution >= 0.6 is 11.3 Å². The van der Waals surface area contributed by atoms with Crippen molar-refractivity contribution in [3.05, 3.63) is 22.2 Å². The van der Waals surface area contributed by atoms with Crippen LogP contribution < -0.4 is 5.32 Å². The van der Waals surface area contributed by atoms with Gasteiger partial charge in [-0.2, -0.15) is 0 Å². The lowest BCUT2D eigenvalue weighted by molar-refractivity contribution is -0.117. The highest BCUT2D eigenvalue weighted by Gasteiger charge is 2.19. The Balaban J connectivity index is 1.83. The fourth-order valence-electron chi connectivity index (χ4n) is 2.43. The van der Waals surface area contributed by atoms with Crippen LogP contribution in [-0.4, -0.2) is 16.9 Å². The molecule has 1 aromatic heterocycles. The zero-order valence-electron chi connectivity index (χ0n) is 11.0. The second kappa shape index (κ2) is 6.14. The number of carbonyl (C=O) groups excluding carboxylic acids is 1. The van der Waals surface area contributed by atoms with Gasteiger partial charge in [0.1, 0.15) is 0 Å². The third kappa shape index (κ3) is 3.95. The Bertz CT molecular complexity index is 439. The van der Waals surface area contributed by atoms with Gasteiger partial charge in [-0.1, -0.05) is 19.8 Å². The molecule has 1 aromatic rings. The molecule has 0 bridgehead atoms. The second-order valence-electron chi connectivity index (χ2n) is 5.10. The van der Waals surface area contributed by atoms with E-state index in [9.17, 15) is 4.79 Å². The molecule has 2 rings (SSSR count). The summed E-state index contributed by atoms with van der Waals surface area (Å²) in [6, 6.07) is 0.350. The summed E-state index contributed by atoms with van der Waals surface area (Å²) in [5.74, 6) is 0.731. The summed E-state index contributed by atoms with van der Waals surface area (Å²) < 4.78 is 0. The minimum atomic E-state index is -0.000229. The molecule has 1 aliphatic rings. The van der Waals surface area contributed by atoms with E-state index in [4.69, 9.17) is 0 Å². The Morgan fingerprint density at radius 3 is 3.06 bits per heavy atom. The predicted octanol–water partition coefficient (Wildman–Crippen LogP) is 3.16. The maximum Gasteiger partial charge on any atom is 0.244 e. The van der Waals surface area contributed by atoms with Crippen molar-refractivity contribution in [2.24, 2.45) is 5.92 Å². The SMILES string of the molecule is Cc1nc(/C=C/C(=O)NC2CCCC(C)C2)cs1. The largest absolute Gasteiger partial charge is 0.350 e. The Kier molecular flexibility index (Phi) is 4.53. The first-order valence-corrected chi connectivity index (χ1v) is 7.42. The van der Waals surface area contributed by atoms with Crippen LogP contribution in [0.25, 0.3) is 6.08 Å². The van der Waals surface area contributed by atoms with E-state index < -0.39 is 0 Å². The standard InChI is InChI=1S/C14H20N2OS/c1-10-4-3-5-12(8-10)16-14(17)7-6-13-9-18-11(2)15-13/h6-7,9-10,12H,3-5,8H2,1-2H3,(H,16,17)/b7-6+. The fraction of sp³-hybridized carbons (Fsp3) is 0.571. The molecule has 0 radical (unpaired) electrons. The number of nitrogens with one attached hydrogen (secondary N) is 1. The van der Waals surface area contributed by atoms with Gasteiger partial charge in [-0.25, -0.2) is 4.98 Å². The van der Waals surface area contributed by atoms with Crippen LogP contribution in [0.2, 0.25) is 0 Å². The van der Waals surface area contributed by atoms with Crippen LogP contribution in [0.3, 0.4) is 0 Å². The smallest absolute Gasteiger partial charge is 0.244 e. The molecule has 0 saturated heterocycles. The topological polar surface area (TPSA) is 42.0 Å². The van der Waals surface area contributed by atoms with Gasteiger partial charge in [0.2, 0.25) is 5.91 Å². The maximum atomic E-state index is 11.8. The number of amides is 1. The van der Waals surface area contributed by atoms with Crippen molar-refractivity contribution in [1.29, 1.82) is 0 Å². The zero-order chi connectivity index (χ0) is 13.0. The number of carbonyl (C=O) groups is 1. The fourth-order valence-corrected chi connectivity index (χ4v) is 3.01. The molecule has 4 heteroatoms. The van der Waals surface area contributed by atoms with E-state index in [1.54, 1.807) is 23.5 Å². The third-order valence-electron chi connectivity index (χ3n) is 3.33. The molecule has 18 heavy (non-hydrogen) atoms. The molecule has 2 atom stereocenters. The highest BCUT2D eigenvalue weighted by Crippen LogP contribution is 2.23. The maximum absolute atomic E-state index is 11.8. The Morgan fingerprint density at radius 1 is 1.56 bits per heavy atom. The monoisotopic (exact) mass is 264 g/mol. The molecule has 1 saturated carbocycles. The third-order valence-corrected chi connectivity index (χ3v) is 4.12. The average molecular weight is 264 g/mol. The van der Waals surface area contributed by atoms with Gasteiger partial charge >= 0.3 is 0 Å². The summed E-state index contributed by atoms with van der Waals surface area (Å²) in [5.41, 5.74) is 0.865. The van der Waals surface area contributed by atoms with E-state index in [0.29, 0.717) is 6.04 Å². The van der Waals surface area contributed by atoms with E-state index in [-0.39, 0.29) is 5.91 Å². The summed E-state index contributed by atoms with van der Waals surface area (Å²) in [6.07, 6.45) is 8.11. The first-order valence-electron chi connectivity index (χ1n) is 6.54. The molecule has 0 aromatic carbocycles. The summed E-state index contributed by atoms with van der Waals surface area (Å²) >= 11 is 1.60. The minimum absolute atomic E-state index is 0.000229. The number of hydrogen-bond donors (Lipinski definition) is 1. The minimum Gasteiger partial charge on any atom is -0.350 e. The van der Waals surface area contributed by atoms with Crippen LogP contribution in [0.1, 0.15) is 43.3 Å². The first-order chi connectivity index (χ1) is 8.63. The number of aromatic nitrogens is 1. The highest BCUT2D eigenvalue weighted by atomic mass is 32.1. The van der Waals surface area contributed by atoms with Gasteiger partial charge in [-0.3, -0.25) is 4.79 Å². The molecule has 2 unspecified atom stereocenters. The van der Waals surface area contributed by atoms with Crippen molar-refractivity contribution in [3.8, 4) is 0 Å². The lowest BCUT2D eigenvalue weighted by atomic mass is 9.87. The van der Waals surface area contributed by atoms with Crippen molar-refractivity contribution >= 4 is 23.3 Å². The summed E-state index contributed by atoms with van der Waals surface area (Å²) in [5, 5.41) is 6.06. The van der Waals surface area contributed by atoms with Gasteiger partial charge < -0.3 is 5.32 Å². The van der Waals surface area contributed by atoms with E-state index >= 15 is 0 Å². The molecule has 3 nitrogen and oxygen atoms in total. The Labute approximate surface area is 112 Å². The Hall–Kier alpha value is -1.16. The van der Waals surface area contributed by atoms with Gasteiger partial charge in [-0.15, -0.1) is 11.3 Å². The van der Waals surface area contributed by atoms with Gasteiger partial charge in [0.25, 0.3) is 0 Å².